The molecule has 0 bridgehead atoms. The lowest BCUT2D eigenvalue weighted by Gasteiger charge is -2.15. The third-order valence-electron chi connectivity index (χ3n) is 6.65. The summed E-state index contributed by atoms with van der Waals surface area (Å²) in [6.45, 7) is 14.3. The summed E-state index contributed by atoms with van der Waals surface area (Å²) in [6, 6.07) is 17.6. The smallest absolute Gasteiger partial charge is 0.224 e. The molecule has 0 saturated carbocycles. The molecule has 0 aliphatic carbocycles. The lowest BCUT2D eigenvalue weighted by Crippen LogP contribution is -2.29. The number of aryl methyl sites for hydroxylation is 2. The van der Waals surface area contributed by atoms with E-state index in [0.29, 0.717) is 11.6 Å². The van der Waals surface area contributed by atoms with E-state index >= 15 is 0 Å². The number of pyridine rings is 2. The van der Waals surface area contributed by atoms with E-state index in [1.165, 1.54) is 54.7 Å². The number of nitrogens with zero attached hydrogens (tertiary/aromatic N) is 3. The number of hydrogen-bond donors (Lipinski definition) is 0. The molecule has 150 valence electrons. The molecule has 0 saturated heterocycles. The van der Waals surface area contributed by atoms with Crippen LogP contribution in [-0.2, 0) is 13.5 Å². The second kappa shape index (κ2) is 6.18. The maximum absolute atomic E-state index is 7.50. The summed E-state index contributed by atoms with van der Waals surface area (Å²) < 4.78 is 4.71. The van der Waals surface area contributed by atoms with Gasteiger partial charge >= 0.3 is 0 Å². The van der Waals surface area contributed by atoms with Crippen LogP contribution in [0.4, 0.5) is 5.69 Å². The average Bonchev–Trinajstić information content (AvgIpc) is 3.07. The Bertz CT molecular complexity index is 1710. The van der Waals surface area contributed by atoms with E-state index in [0.717, 1.165) is 11.8 Å². The van der Waals surface area contributed by atoms with Gasteiger partial charge in [-0.3, -0.25) is 0 Å². The molecule has 0 aliphatic rings. The molecule has 0 atom stereocenters. The van der Waals surface area contributed by atoms with Gasteiger partial charge in [0.15, 0.2) is 11.9 Å². The second-order valence-corrected chi connectivity index (χ2v) is 9.25. The van der Waals surface area contributed by atoms with E-state index < -0.39 is 0 Å². The van der Waals surface area contributed by atoms with Gasteiger partial charge in [0, 0.05) is 11.5 Å². The standard InChI is InChI=1S/C28H24N3/c1-16(2)12-18-13-19-10-11-30(5)28-25-17(3)6-8-21-22-15-20(29-4)7-9-23(22)31(27(21)25)24(14-18)26(19)28/h6-11,13-16H,12H2,1-3,5H3/q+1. The molecule has 3 heteroatoms. The zero-order chi connectivity index (χ0) is 21.4. The highest BCUT2D eigenvalue weighted by molar-refractivity contribution is 6.26. The first-order valence-corrected chi connectivity index (χ1v) is 10.9. The summed E-state index contributed by atoms with van der Waals surface area (Å²) in [5.74, 6) is 0.602. The number of hydrogen-bond acceptors (Lipinski definition) is 0. The Morgan fingerprint density at radius 3 is 2.58 bits per heavy atom. The van der Waals surface area contributed by atoms with Crippen LogP contribution in [0.5, 0.6) is 0 Å². The van der Waals surface area contributed by atoms with Crippen molar-refractivity contribution in [3.8, 4) is 0 Å². The zero-order valence-electron chi connectivity index (χ0n) is 18.3. The fourth-order valence-corrected chi connectivity index (χ4v) is 5.42. The third-order valence-corrected chi connectivity index (χ3v) is 6.65. The highest BCUT2D eigenvalue weighted by atomic mass is 15.0. The monoisotopic (exact) mass is 402 g/mol. The summed E-state index contributed by atoms with van der Waals surface area (Å²) in [6.07, 6.45) is 3.25. The van der Waals surface area contributed by atoms with Gasteiger partial charge in [-0.05, 0) is 59.4 Å². The lowest BCUT2D eigenvalue weighted by atomic mass is 9.96. The molecule has 6 aromatic rings. The third kappa shape index (κ3) is 2.36. The molecule has 3 nitrogen and oxygen atoms in total. The summed E-state index contributed by atoms with van der Waals surface area (Å²) >= 11 is 0. The minimum Gasteiger partial charge on any atom is -0.308 e. The van der Waals surface area contributed by atoms with Crippen molar-refractivity contribution in [2.75, 3.05) is 0 Å². The van der Waals surface area contributed by atoms with Gasteiger partial charge in [0.05, 0.1) is 33.9 Å². The van der Waals surface area contributed by atoms with Gasteiger partial charge in [0.1, 0.15) is 7.05 Å². The molecule has 0 N–H and O–H groups in total. The van der Waals surface area contributed by atoms with Crippen molar-refractivity contribution in [3.05, 3.63) is 77.3 Å². The van der Waals surface area contributed by atoms with Crippen LogP contribution >= 0.6 is 0 Å². The van der Waals surface area contributed by atoms with Crippen LogP contribution in [-0.4, -0.2) is 4.40 Å². The predicted molar refractivity (Wildman–Crippen MR) is 129 cm³/mol. The maximum atomic E-state index is 7.50. The van der Waals surface area contributed by atoms with Crippen LogP contribution in [0, 0.1) is 19.4 Å². The van der Waals surface area contributed by atoms with Crippen LogP contribution < -0.4 is 4.57 Å². The largest absolute Gasteiger partial charge is 0.308 e. The highest BCUT2D eigenvalue weighted by Gasteiger charge is 2.24. The molecular formula is C28H24N3+. The van der Waals surface area contributed by atoms with Crippen LogP contribution in [0.15, 0.2) is 54.7 Å². The molecule has 0 spiro atoms. The second-order valence-electron chi connectivity index (χ2n) is 9.25. The molecule has 0 unspecified atom stereocenters. The van der Waals surface area contributed by atoms with Crippen molar-refractivity contribution < 1.29 is 4.57 Å². The molecule has 0 aliphatic heterocycles. The number of fused-ring (bicyclic) bond motifs is 5. The quantitative estimate of drug-likeness (QED) is 0.130. The molecule has 6 rings (SSSR count). The summed E-state index contributed by atoms with van der Waals surface area (Å²) in [4.78, 5) is 3.69. The predicted octanol–water partition coefficient (Wildman–Crippen LogP) is 6.87. The van der Waals surface area contributed by atoms with Crippen molar-refractivity contribution in [2.24, 2.45) is 13.0 Å². The SMILES string of the molecule is [C-]#[N+]c1ccc2c(c1)c1ccc(C)c3c1n2c1cc(CC(C)C)cc2cc[n+](C)c3c21. The molecule has 0 fully saturated rings. The van der Waals surface area contributed by atoms with Crippen molar-refractivity contribution in [1.29, 1.82) is 0 Å². The Morgan fingerprint density at radius 2 is 1.81 bits per heavy atom. The molecule has 31 heavy (non-hydrogen) atoms. The van der Waals surface area contributed by atoms with Gasteiger partial charge in [-0.2, -0.15) is 0 Å². The summed E-state index contributed by atoms with van der Waals surface area (Å²) in [5, 5.41) is 6.28. The highest BCUT2D eigenvalue weighted by Crippen LogP contribution is 2.41. The van der Waals surface area contributed by atoms with Gasteiger partial charge in [-0.1, -0.05) is 38.1 Å². The van der Waals surface area contributed by atoms with E-state index in [9.17, 15) is 0 Å². The first-order chi connectivity index (χ1) is 15.0. The van der Waals surface area contributed by atoms with Gasteiger partial charge in [-0.25, -0.2) is 9.41 Å². The van der Waals surface area contributed by atoms with Crippen LogP contribution in [0.1, 0.15) is 25.0 Å². The van der Waals surface area contributed by atoms with E-state index in [-0.39, 0.29) is 0 Å². The topological polar surface area (TPSA) is 12.6 Å². The fourth-order valence-electron chi connectivity index (χ4n) is 5.42. The normalized spacial score (nSPS) is 12.3. The number of benzene rings is 3. The average molecular weight is 403 g/mol. The first-order valence-electron chi connectivity index (χ1n) is 10.9. The maximum Gasteiger partial charge on any atom is 0.224 e. The Labute approximate surface area is 181 Å². The Morgan fingerprint density at radius 1 is 0.968 bits per heavy atom. The number of aromatic nitrogens is 2. The molecular weight excluding hydrogens is 378 g/mol. The van der Waals surface area contributed by atoms with Gasteiger partial charge in [0.2, 0.25) is 5.52 Å². The minimum atomic E-state index is 0.602. The molecule has 3 heterocycles. The summed E-state index contributed by atoms with van der Waals surface area (Å²) in [5.41, 5.74) is 8.32. The Kier molecular flexibility index (Phi) is 3.62. The van der Waals surface area contributed by atoms with E-state index in [1.54, 1.807) is 0 Å². The van der Waals surface area contributed by atoms with Crippen molar-refractivity contribution in [1.82, 2.24) is 4.40 Å². The van der Waals surface area contributed by atoms with Crippen molar-refractivity contribution in [2.45, 2.75) is 27.2 Å². The molecule has 0 amide bonds. The van der Waals surface area contributed by atoms with Crippen molar-refractivity contribution >= 4 is 54.7 Å². The van der Waals surface area contributed by atoms with E-state index in [1.807, 2.05) is 12.1 Å². The van der Waals surface area contributed by atoms with E-state index in [4.69, 9.17) is 6.57 Å². The van der Waals surface area contributed by atoms with Gasteiger partial charge in [0.25, 0.3) is 0 Å². The molecule has 3 aromatic heterocycles. The van der Waals surface area contributed by atoms with Crippen LogP contribution in [0.2, 0.25) is 0 Å². The zero-order valence-corrected chi connectivity index (χ0v) is 18.3. The molecule has 3 aromatic carbocycles. The van der Waals surface area contributed by atoms with Crippen LogP contribution in [0.25, 0.3) is 53.8 Å². The van der Waals surface area contributed by atoms with Gasteiger partial charge < -0.3 is 4.40 Å². The first kappa shape index (κ1) is 18.2. The Hall–Kier alpha value is -3.64. The minimum absolute atomic E-state index is 0.602. The summed E-state index contributed by atoms with van der Waals surface area (Å²) in [7, 11) is 2.15. The lowest BCUT2D eigenvalue weighted by molar-refractivity contribution is -0.643. The van der Waals surface area contributed by atoms with Crippen molar-refractivity contribution in [3.63, 3.8) is 0 Å². The van der Waals surface area contributed by atoms with E-state index in [2.05, 4.69) is 84.2 Å². The van der Waals surface area contributed by atoms with Gasteiger partial charge in [-0.15, -0.1) is 0 Å². The number of rotatable bonds is 2. The fraction of sp³-hybridized carbons (Fsp3) is 0.214. The van der Waals surface area contributed by atoms with Crippen LogP contribution in [0.3, 0.4) is 0 Å². The Balaban J connectivity index is 1.99. The molecule has 0 radical (unpaired) electrons.